The Morgan fingerprint density at radius 2 is 2.17 bits per heavy atom. The maximum Gasteiger partial charge on any atom is 0.136 e. The van der Waals surface area contributed by atoms with Crippen molar-refractivity contribution < 1.29 is 13.7 Å². The van der Waals surface area contributed by atoms with Gasteiger partial charge in [0.05, 0.1) is 18.2 Å². The number of halogens is 1. The van der Waals surface area contributed by atoms with Gasteiger partial charge in [0.1, 0.15) is 16.3 Å². The molecule has 1 aliphatic rings. The van der Waals surface area contributed by atoms with E-state index in [1.807, 2.05) is 20.8 Å². The Balaban J connectivity index is 2.23. The van der Waals surface area contributed by atoms with Gasteiger partial charge in [0.15, 0.2) is 0 Å². The summed E-state index contributed by atoms with van der Waals surface area (Å²) < 4.78 is 34.0. The third kappa shape index (κ3) is 2.79. The highest BCUT2D eigenvalue weighted by Crippen LogP contribution is 2.35. The number of fused-ring (bicyclic) bond motifs is 1. The minimum absolute atomic E-state index is 0.255. The second-order valence-corrected chi connectivity index (χ2v) is 7.34. The molecule has 0 spiro atoms. The van der Waals surface area contributed by atoms with E-state index < -0.39 is 11.4 Å². The van der Waals surface area contributed by atoms with E-state index in [1.54, 1.807) is 12.1 Å². The van der Waals surface area contributed by atoms with Crippen molar-refractivity contribution in [3.63, 3.8) is 0 Å². The molecule has 2 rings (SSSR count). The Kier molecular flexibility index (Phi) is 3.84. The zero-order valence-corrected chi connectivity index (χ0v) is 11.6. The molecule has 5 heteroatoms. The molecule has 0 aromatic heterocycles. The Hall–Kier alpha value is -0.780. The lowest BCUT2D eigenvalue weighted by Gasteiger charge is -2.31. The predicted octanol–water partition coefficient (Wildman–Crippen LogP) is 2.70. The van der Waals surface area contributed by atoms with Crippen LogP contribution in [0.3, 0.4) is 0 Å². The first-order valence-electron chi connectivity index (χ1n) is 5.99. The van der Waals surface area contributed by atoms with Crippen LogP contribution in [0.5, 0.6) is 5.75 Å². The molecule has 1 heterocycles. The second kappa shape index (κ2) is 5.07. The van der Waals surface area contributed by atoms with Gasteiger partial charge < -0.3 is 9.29 Å². The average molecular weight is 271 g/mol. The summed E-state index contributed by atoms with van der Waals surface area (Å²) in [6.07, 6.45) is 0.621. The van der Waals surface area contributed by atoms with Crippen molar-refractivity contribution >= 4 is 11.4 Å². The molecule has 2 atom stereocenters. The summed E-state index contributed by atoms with van der Waals surface area (Å²) >= 11 is -1.22. The van der Waals surface area contributed by atoms with Crippen LogP contribution >= 0.6 is 0 Å². The van der Waals surface area contributed by atoms with Crippen LogP contribution in [0.1, 0.15) is 38.8 Å². The van der Waals surface area contributed by atoms with Gasteiger partial charge in [0, 0.05) is 17.8 Å². The molecule has 0 bridgehead atoms. The molecule has 0 aliphatic carbocycles. The van der Waals surface area contributed by atoms with E-state index in [0.29, 0.717) is 24.3 Å². The molecule has 0 fully saturated rings. The normalized spacial score (nSPS) is 21.1. The lowest BCUT2D eigenvalue weighted by molar-refractivity contribution is 0.257. The van der Waals surface area contributed by atoms with Crippen molar-refractivity contribution in [2.24, 2.45) is 0 Å². The van der Waals surface area contributed by atoms with Crippen LogP contribution < -0.4 is 9.46 Å². The van der Waals surface area contributed by atoms with Gasteiger partial charge in [0.2, 0.25) is 0 Å². The largest absolute Gasteiger partial charge is 0.598 e. The van der Waals surface area contributed by atoms with E-state index in [9.17, 15) is 8.94 Å². The molecular formula is C13H18FNO2S. The Bertz CT molecular complexity index is 433. The number of hydrogen-bond donors (Lipinski definition) is 1. The number of hydrogen-bond acceptors (Lipinski definition) is 3. The maximum absolute atomic E-state index is 13.8. The van der Waals surface area contributed by atoms with Crippen LogP contribution in [-0.4, -0.2) is 15.9 Å². The molecule has 0 radical (unpaired) electrons. The fraction of sp³-hybridized carbons (Fsp3) is 0.538. The molecule has 1 unspecified atom stereocenters. The lowest BCUT2D eigenvalue weighted by atomic mass is 10.0. The van der Waals surface area contributed by atoms with Gasteiger partial charge in [-0.25, -0.2) is 4.39 Å². The summed E-state index contributed by atoms with van der Waals surface area (Å²) in [4.78, 5) is 0. The van der Waals surface area contributed by atoms with Gasteiger partial charge in [-0.3, -0.25) is 0 Å². The number of benzene rings is 1. The molecule has 18 heavy (non-hydrogen) atoms. The van der Waals surface area contributed by atoms with Gasteiger partial charge in [-0.15, -0.1) is 4.72 Å². The van der Waals surface area contributed by atoms with E-state index in [0.717, 1.165) is 0 Å². The summed E-state index contributed by atoms with van der Waals surface area (Å²) in [6.45, 7) is 6.17. The first-order valence-corrected chi connectivity index (χ1v) is 7.14. The zero-order valence-electron chi connectivity index (χ0n) is 10.8. The third-order valence-corrected chi connectivity index (χ3v) is 4.44. The van der Waals surface area contributed by atoms with Crippen molar-refractivity contribution in [2.75, 3.05) is 6.61 Å². The Morgan fingerprint density at radius 1 is 1.44 bits per heavy atom. The molecule has 100 valence electrons. The fourth-order valence-corrected chi connectivity index (χ4v) is 2.68. The van der Waals surface area contributed by atoms with Crippen molar-refractivity contribution in [3.05, 3.63) is 29.6 Å². The molecule has 1 aliphatic heterocycles. The van der Waals surface area contributed by atoms with Crippen LogP contribution in [0, 0.1) is 5.82 Å². The van der Waals surface area contributed by atoms with Crippen molar-refractivity contribution in [1.82, 2.24) is 4.72 Å². The average Bonchev–Trinajstić information content (AvgIpc) is 2.28. The number of nitrogens with one attached hydrogen (secondary N) is 1. The smallest absolute Gasteiger partial charge is 0.136 e. The summed E-state index contributed by atoms with van der Waals surface area (Å²) in [5.41, 5.74) is 0.487. The molecule has 1 aromatic carbocycles. The van der Waals surface area contributed by atoms with Gasteiger partial charge >= 0.3 is 0 Å². The van der Waals surface area contributed by atoms with Crippen LogP contribution in [0.15, 0.2) is 18.2 Å². The number of rotatable bonds is 2. The fourth-order valence-electron chi connectivity index (χ4n) is 1.84. The highest BCUT2D eigenvalue weighted by atomic mass is 32.2. The topological polar surface area (TPSA) is 44.3 Å². The summed E-state index contributed by atoms with van der Waals surface area (Å²) in [6, 6.07) is 4.51. The minimum atomic E-state index is -1.22. The van der Waals surface area contributed by atoms with Crippen molar-refractivity contribution in [1.29, 1.82) is 0 Å². The first kappa shape index (κ1) is 13.6. The SMILES string of the molecule is CC(C)(C)[S+]([O-])N[C@H]1CCOc2cccc(F)c21. The standard InChI is InChI=1S/C13H18FNO2S/c1-13(2,3)18(16)15-10-7-8-17-11-6-4-5-9(14)12(10)11/h4-6,10,15H,7-8H2,1-3H3/t10-,18?/m0/s1. The molecule has 1 aromatic rings. The number of ether oxygens (including phenoxy) is 1. The Morgan fingerprint density at radius 3 is 2.83 bits per heavy atom. The van der Waals surface area contributed by atoms with Crippen LogP contribution in [0.2, 0.25) is 0 Å². The van der Waals surface area contributed by atoms with E-state index in [1.165, 1.54) is 6.07 Å². The van der Waals surface area contributed by atoms with Gasteiger partial charge in [-0.2, -0.15) is 0 Å². The third-order valence-electron chi connectivity index (χ3n) is 2.83. The van der Waals surface area contributed by atoms with E-state index in [-0.39, 0.29) is 16.6 Å². The second-order valence-electron chi connectivity index (χ2n) is 5.34. The van der Waals surface area contributed by atoms with Gasteiger partial charge in [0.25, 0.3) is 0 Å². The van der Waals surface area contributed by atoms with E-state index >= 15 is 0 Å². The van der Waals surface area contributed by atoms with Crippen LogP contribution in [0.4, 0.5) is 4.39 Å². The van der Waals surface area contributed by atoms with E-state index in [2.05, 4.69) is 4.72 Å². The molecule has 0 saturated carbocycles. The highest BCUT2D eigenvalue weighted by Gasteiger charge is 2.33. The van der Waals surface area contributed by atoms with Crippen molar-refractivity contribution in [2.45, 2.75) is 38.0 Å². The quantitative estimate of drug-likeness (QED) is 0.841. The first-order chi connectivity index (χ1) is 8.39. The van der Waals surface area contributed by atoms with Gasteiger partial charge in [-0.05, 0) is 32.9 Å². The summed E-state index contributed by atoms with van der Waals surface area (Å²) in [5, 5.41) is 0. The van der Waals surface area contributed by atoms with Crippen LogP contribution in [0.25, 0.3) is 0 Å². The summed E-state index contributed by atoms with van der Waals surface area (Å²) in [5.74, 6) is 0.236. The monoisotopic (exact) mass is 271 g/mol. The molecular weight excluding hydrogens is 253 g/mol. The maximum atomic E-state index is 13.8. The molecule has 3 nitrogen and oxygen atoms in total. The molecule has 0 saturated heterocycles. The van der Waals surface area contributed by atoms with Gasteiger partial charge in [-0.1, -0.05) is 6.07 Å². The highest BCUT2D eigenvalue weighted by molar-refractivity contribution is 7.90. The summed E-state index contributed by atoms with van der Waals surface area (Å²) in [7, 11) is 0. The Labute approximate surface area is 110 Å². The van der Waals surface area contributed by atoms with Crippen molar-refractivity contribution in [3.8, 4) is 5.75 Å². The van der Waals surface area contributed by atoms with Crippen LogP contribution in [-0.2, 0) is 11.4 Å². The van der Waals surface area contributed by atoms with E-state index in [4.69, 9.17) is 4.74 Å². The molecule has 0 amide bonds. The minimum Gasteiger partial charge on any atom is -0.598 e. The predicted molar refractivity (Wildman–Crippen MR) is 70.3 cm³/mol. The lowest BCUT2D eigenvalue weighted by Crippen LogP contribution is -2.42. The molecule has 1 N–H and O–H groups in total. The zero-order chi connectivity index (χ0) is 13.3.